The summed E-state index contributed by atoms with van der Waals surface area (Å²) in [5.74, 6) is -3.00. The molecule has 0 unspecified atom stereocenters. The molecule has 0 aliphatic carbocycles. The molecule has 2 aromatic rings. The summed E-state index contributed by atoms with van der Waals surface area (Å²) < 4.78 is 6.63. The van der Waals surface area contributed by atoms with Crippen molar-refractivity contribution in [3.63, 3.8) is 0 Å². The van der Waals surface area contributed by atoms with Crippen molar-refractivity contribution < 1.29 is 34.8 Å². The van der Waals surface area contributed by atoms with E-state index in [4.69, 9.17) is 16.3 Å². The van der Waals surface area contributed by atoms with Gasteiger partial charge >= 0.3 is 5.97 Å². The molecule has 0 spiro atoms. The van der Waals surface area contributed by atoms with E-state index in [0.717, 1.165) is 6.08 Å². The predicted octanol–water partition coefficient (Wildman–Crippen LogP) is 0.325. The Balaban J connectivity index is 2.24. The highest BCUT2D eigenvalue weighted by Crippen LogP contribution is 2.34. The van der Waals surface area contributed by atoms with E-state index in [0.29, 0.717) is 10.9 Å². The molecular weight excluding hydrogens is 456 g/mol. The smallest absolute Gasteiger partial charge is 0.370 e. The summed E-state index contributed by atoms with van der Waals surface area (Å²) in [5.41, 5.74) is 0.362. The molecule has 1 aliphatic rings. The Morgan fingerprint density at radius 2 is 2.06 bits per heavy atom. The topological polar surface area (TPSA) is 178 Å². The van der Waals surface area contributed by atoms with Crippen molar-refractivity contribution in [1.29, 1.82) is 5.26 Å². The van der Waals surface area contributed by atoms with Crippen LogP contribution in [-0.4, -0.2) is 73.0 Å². The first kappa shape index (κ1) is 24.5. The van der Waals surface area contributed by atoms with Gasteiger partial charge in [0.05, 0.1) is 34.6 Å². The summed E-state index contributed by atoms with van der Waals surface area (Å²) >= 11 is 6.26. The van der Waals surface area contributed by atoms with Crippen LogP contribution in [-0.2, 0) is 14.3 Å². The number of nitrogens with one attached hydrogen (secondary N) is 1. The van der Waals surface area contributed by atoms with Gasteiger partial charge < -0.3 is 30.5 Å². The zero-order valence-corrected chi connectivity index (χ0v) is 18.5. The Bertz CT molecular complexity index is 1140. The molecule has 0 radical (unpaired) electrons. The number of aliphatic hydroxyl groups excluding tert-OH is 3. The van der Waals surface area contributed by atoms with Gasteiger partial charge in [-0.3, -0.25) is 4.79 Å². The van der Waals surface area contributed by atoms with Crippen LogP contribution in [0.15, 0.2) is 30.0 Å². The fraction of sp³-hybridized carbons (Fsp3) is 0.429. The maximum atomic E-state index is 12.6. The number of hydrogen-bond donors (Lipinski definition) is 5. The van der Waals surface area contributed by atoms with Gasteiger partial charge in [0, 0.05) is 5.92 Å². The van der Waals surface area contributed by atoms with E-state index in [1.807, 2.05) is 6.07 Å². The second kappa shape index (κ2) is 9.76. The maximum absolute atomic E-state index is 12.6. The normalized spacial score (nSPS) is 22.2. The average molecular weight is 479 g/mol. The molecule has 2 heterocycles. The molecule has 33 heavy (non-hydrogen) atoms. The van der Waals surface area contributed by atoms with Crippen LogP contribution in [0.1, 0.15) is 25.6 Å². The quantitative estimate of drug-likeness (QED) is 0.375. The van der Waals surface area contributed by atoms with E-state index in [1.165, 1.54) is 4.68 Å². The fourth-order valence-corrected chi connectivity index (χ4v) is 3.86. The first-order chi connectivity index (χ1) is 15.6. The van der Waals surface area contributed by atoms with Crippen molar-refractivity contribution in [2.24, 2.45) is 5.92 Å². The van der Waals surface area contributed by atoms with Gasteiger partial charge in [-0.05, 0) is 18.2 Å². The Hall–Kier alpha value is -3.17. The molecule has 1 aliphatic heterocycles. The largest absolute Gasteiger partial charge is 0.478 e. The van der Waals surface area contributed by atoms with Crippen LogP contribution in [0.25, 0.3) is 10.9 Å². The molecule has 1 amide bonds. The number of ether oxygens (including phenoxy) is 1. The molecule has 0 bridgehead atoms. The summed E-state index contributed by atoms with van der Waals surface area (Å²) in [6, 6.07) is 4.55. The van der Waals surface area contributed by atoms with Gasteiger partial charge in [0.25, 0.3) is 0 Å². The number of carboxylic acids is 1. The molecule has 0 saturated carbocycles. The fourth-order valence-electron chi connectivity index (χ4n) is 3.60. The van der Waals surface area contributed by atoms with Gasteiger partial charge in [-0.25, -0.2) is 9.48 Å². The number of aliphatic hydroxyl groups is 3. The first-order valence-electron chi connectivity index (χ1n) is 10.1. The Morgan fingerprint density at radius 1 is 1.36 bits per heavy atom. The van der Waals surface area contributed by atoms with Crippen LogP contribution >= 0.6 is 11.6 Å². The third-order valence-electron chi connectivity index (χ3n) is 5.33. The van der Waals surface area contributed by atoms with Gasteiger partial charge in [-0.15, -0.1) is 0 Å². The van der Waals surface area contributed by atoms with Crippen molar-refractivity contribution in [1.82, 2.24) is 15.1 Å². The van der Waals surface area contributed by atoms with Crippen molar-refractivity contribution in [2.75, 3.05) is 6.61 Å². The molecule has 3 rings (SSSR count). The first-order valence-corrected chi connectivity index (χ1v) is 10.4. The molecule has 0 saturated heterocycles. The summed E-state index contributed by atoms with van der Waals surface area (Å²) in [6.45, 7) is 2.42. The molecule has 12 heteroatoms. The number of benzene rings is 1. The number of aliphatic carboxylic acids is 1. The summed E-state index contributed by atoms with van der Waals surface area (Å²) in [6.07, 6.45) is -3.81. The molecule has 5 atom stereocenters. The molecule has 5 N–H and O–H groups in total. The lowest BCUT2D eigenvalue weighted by atomic mass is 9.91. The van der Waals surface area contributed by atoms with Crippen LogP contribution in [0.4, 0.5) is 0 Å². The standard InChI is InChI=1S/C21H23ClN4O7/c1-9(2)20(30)24-17-12(6-15(21(31)32)33-19(17)18(29)14(28)8-27)26-13(7-23)16-10(22)4-3-5-11(16)25-26/h3-6,9,12,14,17-19,27-29H,8H2,1-2H3,(H,24,30)(H,31,32)/t12-,14+,17+,18+,19+/m0/s1. The minimum Gasteiger partial charge on any atom is -0.478 e. The number of nitrogens with zero attached hydrogens (tertiary/aromatic N) is 3. The predicted molar refractivity (Wildman–Crippen MR) is 115 cm³/mol. The molecular formula is C21H23ClN4O7. The van der Waals surface area contributed by atoms with Gasteiger partial charge in [0.1, 0.15) is 30.1 Å². The van der Waals surface area contributed by atoms with Crippen molar-refractivity contribution >= 4 is 34.4 Å². The van der Waals surface area contributed by atoms with E-state index < -0.39 is 60.6 Å². The highest BCUT2D eigenvalue weighted by molar-refractivity contribution is 6.35. The number of hydrogen-bond acceptors (Lipinski definition) is 8. The van der Waals surface area contributed by atoms with Gasteiger partial charge in [-0.1, -0.05) is 31.5 Å². The lowest BCUT2D eigenvalue weighted by Gasteiger charge is -2.40. The second-order valence-corrected chi connectivity index (χ2v) is 8.28. The third kappa shape index (κ3) is 4.65. The summed E-state index contributed by atoms with van der Waals surface area (Å²) in [7, 11) is 0. The summed E-state index contributed by atoms with van der Waals surface area (Å²) in [5, 5.41) is 57.0. The van der Waals surface area contributed by atoms with Gasteiger partial charge in [0.15, 0.2) is 0 Å². The number of carbonyl (C=O) groups is 2. The average Bonchev–Trinajstić information content (AvgIpc) is 3.17. The monoisotopic (exact) mass is 478 g/mol. The zero-order valence-electron chi connectivity index (χ0n) is 17.7. The van der Waals surface area contributed by atoms with E-state index in [9.17, 15) is 35.3 Å². The lowest BCUT2D eigenvalue weighted by molar-refractivity contribution is -0.147. The molecule has 176 valence electrons. The maximum Gasteiger partial charge on any atom is 0.370 e. The Morgan fingerprint density at radius 3 is 2.64 bits per heavy atom. The van der Waals surface area contributed by atoms with Crippen LogP contribution in [0.2, 0.25) is 5.02 Å². The second-order valence-electron chi connectivity index (χ2n) is 7.88. The SMILES string of the molecule is CC(C)C(=O)N[C@H]1[C@H]([C@H](O)[C@H](O)CO)OC(C(=O)O)=C[C@@H]1n1nc2cccc(Cl)c2c1C#N. The zero-order chi connectivity index (χ0) is 24.4. The van der Waals surface area contributed by atoms with Crippen molar-refractivity contribution in [2.45, 2.75) is 44.2 Å². The van der Waals surface area contributed by atoms with E-state index >= 15 is 0 Å². The number of rotatable bonds is 7. The minimum absolute atomic E-state index is 0.00299. The Labute approximate surface area is 193 Å². The number of fused-ring (bicyclic) bond motifs is 1. The summed E-state index contributed by atoms with van der Waals surface area (Å²) in [4.78, 5) is 24.3. The number of carbonyl (C=O) groups excluding carboxylic acids is 1. The van der Waals surface area contributed by atoms with Gasteiger partial charge in [-0.2, -0.15) is 10.4 Å². The molecule has 1 aromatic heterocycles. The number of carboxylic acid groups (broad SMARTS) is 1. The van der Waals surface area contributed by atoms with Crippen molar-refractivity contribution in [3.8, 4) is 6.07 Å². The van der Waals surface area contributed by atoms with Crippen LogP contribution < -0.4 is 5.32 Å². The molecule has 1 aromatic carbocycles. The van der Waals surface area contributed by atoms with Gasteiger partial charge in [0.2, 0.25) is 11.7 Å². The molecule has 11 nitrogen and oxygen atoms in total. The number of nitriles is 1. The van der Waals surface area contributed by atoms with E-state index in [-0.39, 0.29) is 10.7 Å². The highest BCUT2D eigenvalue weighted by Gasteiger charge is 2.45. The van der Waals surface area contributed by atoms with Crippen LogP contribution in [0.3, 0.4) is 0 Å². The number of amides is 1. The highest BCUT2D eigenvalue weighted by atomic mass is 35.5. The van der Waals surface area contributed by atoms with E-state index in [1.54, 1.807) is 32.0 Å². The van der Waals surface area contributed by atoms with Crippen LogP contribution in [0, 0.1) is 17.2 Å². The Kier molecular flexibility index (Phi) is 7.24. The van der Waals surface area contributed by atoms with Crippen molar-refractivity contribution in [3.05, 3.63) is 40.8 Å². The minimum atomic E-state index is -1.78. The number of aromatic nitrogens is 2. The van der Waals surface area contributed by atoms with Crippen LogP contribution in [0.5, 0.6) is 0 Å². The van der Waals surface area contributed by atoms with E-state index in [2.05, 4.69) is 10.4 Å². The third-order valence-corrected chi connectivity index (χ3v) is 5.65. The lowest BCUT2D eigenvalue weighted by Crippen LogP contribution is -2.59. The number of halogens is 1. The molecule has 0 fully saturated rings.